The van der Waals surface area contributed by atoms with Crippen molar-refractivity contribution in [2.45, 2.75) is 44.6 Å². The lowest BCUT2D eigenvalue weighted by Gasteiger charge is -2.31. The van der Waals surface area contributed by atoms with Crippen LogP contribution in [0.5, 0.6) is 0 Å². The number of aromatic nitrogens is 1. The topological polar surface area (TPSA) is 62.4 Å². The van der Waals surface area contributed by atoms with E-state index in [2.05, 4.69) is 4.98 Å². The Morgan fingerprint density at radius 3 is 2.75 bits per heavy atom. The summed E-state index contributed by atoms with van der Waals surface area (Å²) in [5.41, 5.74) is 1.89. The average molecular weight is 328 g/mol. The van der Waals surface area contributed by atoms with Crippen molar-refractivity contribution in [1.29, 1.82) is 0 Å². The molecule has 1 aromatic heterocycles. The molecule has 1 aliphatic carbocycles. The molecule has 0 saturated heterocycles. The Morgan fingerprint density at radius 1 is 1.21 bits per heavy atom. The quantitative estimate of drug-likeness (QED) is 0.858. The molecule has 1 saturated carbocycles. The van der Waals surface area contributed by atoms with Gasteiger partial charge in [-0.15, -0.1) is 0 Å². The SMILES string of the molecule is CN(C(=O)COC(=O)Cc1c[nH]c2ccccc12)C1CCCCC1. The molecule has 1 heterocycles. The van der Waals surface area contributed by atoms with Gasteiger partial charge in [0.15, 0.2) is 6.61 Å². The summed E-state index contributed by atoms with van der Waals surface area (Å²) in [5, 5.41) is 1.01. The summed E-state index contributed by atoms with van der Waals surface area (Å²) in [5.74, 6) is -0.487. The first-order valence-corrected chi connectivity index (χ1v) is 8.61. The number of hydrogen-bond donors (Lipinski definition) is 1. The van der Waals surface area contributed by atoms with E-state index < -0.39 is 0 Å². The number of aromatic amines is 1. The maximum Gasteiger partial charge on any atom is 0.310 e. The third kappa shape index (κ3) is 3.78. The number of carbonyl (C=O) groups excluding carboxylic acids is 2. The zero-order chi connectivity index (χ0) is 16.9. The van der Waals surface area contributed by atoms with Crippen molar-refractivity contribution >= 4 is 22.8 Å². The van der Waals surface area contributed by atoms with Crippen LogP contribution in [0.15, 0.2) is 30.5 Å². The molecule has 1 aliphatic rings. The minimum Gasteiger partial charge on any atom is -0.455 e. The lowest BCUT2D eigenvalue weighted by molar-refractivity contribution is -0.152. The molecule has 128 valence electrons. The van der Waals surface area contributed by atoms with Crippen LogP contribution < -0.4 is 0 Å². The first kappa shape index (κ1) is 16.6. The lowest BCUT2D eigenvalue weighted by atomic mass is 9.94. The molecule has 1 amide bonds. The molecule has 0 aliphatic heterocycles. The number of fused-ring (bicyclic) bond motifs is 1. The number of carbonyl (C=O) groups is 2. The van der Waals surface area contributed by atoms with Crippen molar-refractivity contribution < 1.29 is 14.3 Å². The summed E-state index contributed by atoms with van der Waals surface area (Å²) in [6.45, 7) is -0.172. The van der Waals surface area contributed by atoms with Crippen LogP contribution in [0.1, 0.15) is 37.7 Å². The second kappa shape index (κ2) is 7.51. The minimum atomic E-state index is -0.370. The van der Waals surface area contributed by atoms with Gasteiger partial charge in [0.25, 0.3) is 5.91 Å². The fourth-order valence-electron chi connectivity index (χ4n) is 3.40. The largest absolute Gasteiger partial charge is 0.455 e. The van der Waals surface area contributed by atoms with Gasteiger partial charge in [-0.1, -0.05) is 37.5 Å². The molecule has 5 heteroatoms. The van der Waals surface area contributed by atoms with Gasteiger partial charge in [-0.2, -0.15) is 0 Å². The summed E-state index contributed by atoms with van der Waals surface area (Å²) in [7, 11) is 1.81. The van der Waals surface area contributed by atoms with Gasteiger partial charge in [0, 0.05) is 30.2 Å². The van der Waals surface area contributed by atoms with Gasteiger partial charge in [0.05, 0.1) is 6.42 Å². The highest BCUT2D eigenvalue weighted by atomic mass is 16.5. The number of ether oxygens (including phenoxy) is 1. The van der Waals surface area contributed by atoms with Crippen molar-refractivity contribution in [2.24, 2.45) is 0 Å². The highest BCUT2D eigenvalue weighted by Crippen LogP contribution is 2.22. The Morgan fingerprint density at radius 2 is 1.96 bits per heavy atom. The molecule has 5 nitrogen and oxygen atoms in total. The van der Waals surface area contributed by atoms with Crippen LogP contribution in [0, 0.1) is 0 Å². The average Bonchev–Trinajstić information content (AvgIpc) is 3.03. The summed E-state index contributed by atoms with van der Waals surface area (Å²) in [6.07, 6.45) is 7.67. The van der Waals surface area contributed by atoms with E-state index in [1.165, 1.54) is 19.3 Å². The Kier molecular flexibility index (Phi) is 5.18. The van der Waals surface area contributed by atoms with E-state index >= 15 is 0 Å². The summed E-state index contributed by atoms with van der Waals surface area (Å²) in [4.78, 5) is 29.1. The summed E-state index contributed by atoms with van der Waals surface area (Å²) in [6, 6.07) is 8.11. The van der Waals surface area contributed by atoms with Crippen LogP contribution in [0.3, 0.4) is 0 Å². The van der Waals surface area contributed by atoms with Crippen LogP contribution >= 0.6 is 0 Å². The van der Waals surface area contributed by atoms with E-state index in [4.69, 9.17) is 4.74 Å². The number of benzene rings is 1. The Labute approximate surface area is 142 Å². The van der Waals surface area contributed by atoms with Gasteiger partial charge in [-0.25, -0.2) is 0 Å². The van der Waals surface area contributed by atoms with Crippen LogP contribution in [-0.4, -0.2) is 41.5 Å². The van der Waals surface area contributed by atoms with Gasteiger partial charge in [0.1, 0.15) is 0 Å². The smallest absolute Gasteiger partial charge is 0.310 e. The first-order valence-electron chi connectivity index (χ1n) is 8.61. The van der Waals surface area contributed by atoms with Gasteiger partial charge < -0.3 is 14.6 Å². The Balaban J connectivity index is 1.50. The predicted octanol–water partition coefficient (Wildman–Crippen LogP) is 3.04. The Bertz CT molecular complexity index is 716. The maximum absolute atomic E-state index is 12.2. The van der Waals surface area contributed by atoms with E-state index in [0.717, 1.165) is 29.3 Å². The van der Waals surface area contributed by atoms with Crippen molar-refractivity contribution in [1.82, 2.24) is 9.88 Å². The highest BCUT2D eigenvalue weighted by molar-refractivity contribution is 5.88. The lowest BCUT2D eigenvalue weighted by Crippen LogP contribution is -2.40. The van der Waals surface area contributed by atoms with Gasteiger partial charge in [-0.3, -0.25) is 9.59 Å². The molecular weight excluding hydrogens is 304 g/mol. The highest BCUT2D eigenvalue weighted by Gasteiger charge is 2.22. The predicted molar refractivity (Wildman–Crippen MR) is 92.6 cm³/mol. The first-order chi connectivity index (χ1) is 11.6. The molecule has 0 bridgehead atoms. The molecule has 1 aromatic carbocycles. The third-order valence-electron chi connectivity index (χ3n) is 4.88. The normalized spacial score (nSPS) is 15.4. The standard InChI is InChI=1S/C19H24N2O3/c1-21(15-7-3-2-4-8-15)18(22)13-24-19(23)11-14-12-20-17-10-6-5-9-16(14)17/h5-6,9-10,12,15,20H,2-4,7-8,11,13H2,1H3. The number of rotatable bonds is 5. The van der Waals surface area contributed by atoms with Gasteiger partial charge in [0.2, 0.25) is 0 Å². The van der Waals surface area contributed by atoms with Crippen molar-refractivity contribution in [2.75, 3.05) is 13.7 Å². The molecule has 1 N–H and O–H groups in total. The van der Waals surface area contributed by atoms with E-state index in [1.807, 2.05) is 37.5 Å². The van der Waals surface area contributed by atoms with Crippen LogP contribution in [0.4, 0.5) is 0 Å². The second-order valence-corrected chi connectivity index (χ2v) is 6.49. The molecule has 0 atom stereocenters. The molecule has 0 spiro atoms. The van der Waals surface area contributed by atoms with E-state index in [9.17, 15) is 9.59 Å². The van der Waals surface area contributed by atoms with Crippen LogP contribution in [-0.2, 0) is 20.7 Å². The van der Waals surface area contributed by atoms with E-state index in [-0.39, 0.29) is 24.9 Å². The number of H-pyrrole nitrogens is 1. The molecular formula is C19H24N2O3. The zero-order valence-corrected chi connectivity index (χ0v) is 14.1. The van der Waals surface area contributed by atoms with Gasteiger partial charge >= 0.3 is 5.97 Å². The van der Waals surface area contributed by atoms with E-state index in [1.54, 1.807) is 4.90 Å². The molecule has 24 heavy (non-hydrogen) atoms. The fraction of sp³-hybridized carbons (Fsp3) is 0.474. The maximum atomic E-state index is 12.2. The molecule has 0 radical (unpaired) electrons. The monoisotopic (exact) mass is 328 g/mol. The third-order valence-corrected chi connectivity index (χ3v) is 4.88. The van der Waals surface area contributed by atoms with Gasteiger partial charge in [-0.05, 0) is 24.5 Å². The number of para-hydroxylation sites is 1. The van der Waals surface area contributed by atoms with E-state index in [0.29, 0.717) is 6.04 Å². The van der Waals surface area contributed by atoms with Crippen LogP contribution in [0.2, 0.25) is 0 Å². The molecule has 0 unspecified atom stereocenters. The van der Waals surface area contributed by atoms with Crippen LogP contribution in [0.25, 0.3) is 10.9 Å². The summed E-state index contributed by atoms with van der Waals surface area (Å²) < 4.78 is 5.19. The van der Waals surface area contributed by atoms with Crippen molar-refractivity contribution in [3.05, 3.63) is 36.0 Å². The number of amides is 1. The molecule has 1 fully saturated rings. The number of nitrogens with zero attached hydrogens (tertiary/aromatic N) is 1. The number of hydrogen-bond acceptors (Lipinski definition) is 3. The number of esters is 1. The zero-order valence-electron chi connectivity index (χ0n) is 14.1. The number of nitrogens with one attached hydrogen (secondary N) is 1. The number of likely N-dealkylation sites (N-methyl/N-ethyl adjacent to an activating group) is 1. The fourth-order valence-corrected chi connectivity index (χ4v) is 3.40. The van der Waals surface area contributed by atoms with Crippen molar-refractivity contribution in [3.63, 3.8) is 0 Å². The minimum absolute atomic E-state index is 0.117. The molecule has 2 aromatic rings. The second-order valence-electron chi connectivity index (χ2n) is 6.49. The molecule has 3 rings (SSSR count). The van der Waals surface area contributed by atoms with Crippen molar-refractivity contribution in [3.8, 4) is 0 Å². The Hall–Kier alpha value is -2.30. The summed E-state index contributed by atoms with van der Waals surface area (Å²) >= 11 is 0.